The van der Waals surface area contributed by atoms with Crippen molar-refractivity contribution in [2.45, 2.75) is 26.2 Å². The van der Waals surface area contributed by atoms with E-state index in [9.17, 15) is 14.4 Å². The zero-order valence-corrected chi connectivity index (χ0v) is 17.4. The predicted molar refractivity (Wildman–Crippen MR) is 116 cm³/mol. The first-order valence-corrected chi connectivity index (χ1v) is 10.6. The molecule has 0 saturated heterocycles. The van der Waals surface area contributed by atoms with Crippen LogP contribution >= 0.6 is 11.3 Å². The minimum atomic E-state index is -0.213. The zero-order chi connectivity index (χ0) is 21.1. The van der Waals surface area contributed by atoms with Crippen LogP contribution in [-0.4, -0.2) is 34.2 Å². The molecule has 30 heavy (non-hydrogen) atoms. The summed E-state index contributed by atoms with van der Waals surface area (Å²) >= 11 is 1.44. The number of imide groups is 1. The third-order valence-electron chi connectivity index (χ3n) is 5.02. The third-order valence-corrected chi connectivity index (χ3v) is 5.99. The van der Waals surface area contributed by atoms with Gasteiger partial charge in [-0.15, -0.1) is 11.3 Å². The fourth-order valence-corrected chi connectivity index (χ4v) is 4.22. The highest BCUT2D eigenvalue weighted by molar-refractivity contribution is 7.15. The Labute approximate surface area is 178 Å². The fourth-order valence-electron chi connectivity index (χ4n) is 3.37. The van der Waals surface area contributed by atoms with Crippen molar-refractivity contribution >= 4 is 34.2 Å². The number of hydrogen-bond donors (Lipinski definition) is 1. The Morgan fingerprint density at radius 3 is 2.33 bits per heavy atom. The van der Waals surface area contributed by atoms with Gasteiger partial charge in [0.15, 0.2) is 5.13 Å². The molecule has 0 unspecified atom stereocenters. The van der Waals surface area contributed by atoms with Crippen LogP contribution in [0.5, 0.6) is 0 Å². The van der Waals surface area contributed by atoms with Gasteiger partial charge in [0, 0.05) is 23.2 Å². The minimum absolute atomic E-state index is 0.179. The molecule has 0 radical (unpaired) electrons. The van der Waals surface area contributed by atoms with Crippen LogP contribution in [0.3, 0.4) is 0 Å². The second-order valence-electron chi connectivity index (χ2n) is 7.22. The Morgan fingerprint density at radius 1 is 1.00 bits per heavy atom. The summed E-state index contributed by atoms with van der Waals surface area (Å²) in [5, 5.41) is 3.39. The average Bonchev–Trinajstić information content (AvgIpc) is 3.29. The molecule has 0 bridgehead atoms. The highest BCUT2D eigenvalue weighted by Gasteiger charge is 2.34. The SMILES string of the molecule is Cc1ccc(C(=O)Nc2ncc(CCCCN3C(=O)c4ccccc4C3=O)s2)cc1. The summed E-state index contributed by atoms with van der Waals surface area (Å²) in [5.41, 5.74) is 2.67. The minimum Gasteiger partial charge on any atom is -0.298 e. The number of aryl methyl sites for hydroxylation is 2. The van der Waals surface area contributed by atoms with Crippen LogP contribution < -0.4 is 5.32 Å². The van der Waals surface area contributed by atoms with Crippen molar-refractivity contribution < 1.29 is 14.4 Å². The Bertz CT molecular complexity index is 1070. The molecule has 152 valence electrons. The van der Waals surface area contributed by atoms with E-state index < -0.39 is 0 Å². The number of fused-ring (bicyclic) bond motifs is 1. The standard InChI is InChI=1S/C23H21N3O3S/c1-15-9-11-16(12-10-15)20(27)25-23-24-14-17(30-23)6-4-5-13-26-21(28)18-7-2-3-8-19(18)22(26)29/h2-3,7-12,14H,4-6,13H2,1H3,(H,24,25,27). The summed E-state index contributed by atoms with van der Waals surface area (Å²) in [4.78, 5) is 43.7. The highest BCUT2D eigenvalue weighted by atomic mass is 32.1. The molecule has 0 fully saturated rings. The number of rotatable bonds is 7. The molecule has 0 atom stereocenters. The molecule has 4 rings (SSSR count). The van der Waals surface area contributed by atoms with Gasteiger partial charge in [-0.25, -0.2) is 4.98 Å². The van der Waals surface area contributed by atoms with Gasteiger partial charge in [0.25, 0.3) is 17.7 Å². The highest BCUT2D eigenvalue weighted by Crippen LogP contribution is 2.24. The quantitative estimate of drug-likeness (QED) is 0.457. The van der Waals surface area contributed by atoms with Gasteiger partial charge in [-0.2, -0.15) is 0 Å². The molecular formula is C23H21N3O3S. The van der Waals surface area contributed by atoms with E-state index in [1.165, 1.54) is 16.2 Å². The number of thiazole rings is 1. The number of nitrogens with one attached hydrogen (secondary N) is 1. The van der Waals surface area contributed by atoms with Crippen molar-refractivity contribution in [3.05, 3.63) is 81.9 Å². The van der Waals surface area contributed by atoms with E-state index in [0.717, 1.165) is 23.3 Å². The molecule has 2 heterocycles. The van der Waals surface area contributed by atoms with Crippen LogP contribution in [0.1, 0.15) is 54.4 Å². The Kier molecular flexibility index (Phi) is 5.72. The number of unbranched alkanes of at least 4 members (excludes halogenated alkanes) is 1. The van der Waals surface area contributed by atoms with Crippen molar-refractivity contribution in [1.82, 2.24) is 9.88 Å². The molecular weight excluding hydrogens is 398 g/mol. The lowest BCUT2D eigenvalue weighted by atomic mass is 10.1. The molecule has 1 aliphatic heterocycles. The fraction of sp³-hybridized carbons (Fsp3) is 0.217. The van der Waals surface area contributed by atoms with Gasteiger partial charge >= 0.3 is 0 Å². The topological polar surface area (TPSA) is 79.4 Å². The first-order chi connectivity index (χ1) is 14.5. The summed E-state index contributed by atoms with van der Waals surface area (Å²) in [6, 6.07) is 14.3. The molecule has 1 N–H and O–H groups in total. The molecule has 3 aromatic rings. The molecule has 7 heteroatoms. The van der Waals surface area contributed by atoms with Crippen LogP contribution in [0.2, 0.25) is 0 Å². The summed E-state index contributed by atoms with van der Waals surface area (Å²) in [5.74, 6) is -0.606. The van der Waals surface area contributed by atoms with Gasteiger partial charge < -0.3 is 0 Å². The van der Waals surface area contributed by atoms with E-state index in [1.807, 2.05) is 19.1 Å². The Balaban J connectivity index is 1.25. The van der Waals surface area contributed by atoms with Crippen LogP contribution in [0.15, 0.2) is 54.7 Å². The zero-order valence-electron chi connectivity index (χ0n) is 16.6. The smallest absolute Gasteiger partial charge is 0.261 e. The molecule has 1 aromatic heterocycles. The first-order valence-electron chi connectivity index (χ1n) is 9.81. The largest absolute Gasteiger partial charge is 0.298 e. The first kappa shape index (κ1) is 20.0. The number of carbonyl (C=O) groups excluding carboxylic acids is 3. The van der Waals surface area contributed by atoms with Crippen LogP contribution in [0.4, 0.5) is 5.13 Å². The normalized spacial score (nSPS) is 12.9. The second kappa shape index (κ2) is 8.59. The molecule has 0 saturated carbocycles. The van der Waals surface area contributed by atoms with Gasteiger partial charge in [0.1, 0.15) is 0 Å². The van der Waals surface area contributed by atoms with Gasteiger partial charge in [-0.1, -0.05) is 29.8 Å². The lowest BCUT2D eigenvalue weighted by molar-refractivity contribution is 0.0651. The van der Waals surface area contributed by atoms with E-state index in [0.29, 0.717) is 34.8 Å². The number of aromatic nitrogens is 1. The Morgan fingerprint density at radius 2 is 1.67 bits per heavy atom. The Hall–Kier alpha value is -3.32. The van der Waals surface area contributed by atoms with Gasteiger partial charge in [-0.3, -0.25) is 24.6 Å². The molecule has 3 amide bonds. The number of amides is 3. The number of benzene rings is 2. The van der Waals surface area contributed by atoms with E-state index in [-0.39, 0.29) is 17.7 Å². The van der Waals surface area contributed by atoms with Gasteiger partial charge in [0.2, 0.25) is 0 Å². The molecule has 1 aliphatic rings. The second-order valence-corrected chi connectivity index (χ2v) is 8.33. The van der Waals surface area contributed by atoms with Crippen molar-refractivity contribution in [2.75, 3.05) is 11.9 Å². The number of carbonyl (C=O) groups is 3. The van der Waals surface area contributed by atoms with Crippen LogP contribution in [-0.2, 0) is 6.42 Å². The van der Waals surface area contributed by atoms with Crippen molar-refractivity contribution in [1.29, 1.82) is 0 Å². The van der Waals surface area contributed by atoms with E-state index in [1.54, 1.807) is 42.6 Å². The molecule has 2 aromatic carbocycles. The van der Waals surface area contributed by atoms with E-state index in [4.69, 9.17) is 0 Å². The maximum atomic E-state index is 12.4. The lowest BCUT2D eigenvalue weighted by Gasteiger charge is -2.13. The monoisotopic (exact) mass is 419 g/mol. The van der Waals surface area contributed by atoms with Crippen molar-refractivity contribution in [2.24, 2.45) is 0 Å². The van der Waals surface area contributed by atoms with Crippen LogP contribution in [0, 0.1) is 6.92 Å². The molecule has 0 aliphatic carbocycles. The molecule has 0 spiro atoms. The summed E-state index contributed by atoms with van der Waals surface area (Å²) < 4.78 is 0. The summed E-state index contributed by atoms with van der Waals surface area (Å²) in [7, 11) is 0. The summed E-state index contributed by atoms with van der Waals surface area (Å²) in [6.07, 6.45) is 4.08. The maximum Gasteiger partial charge on any atom is 0.261 e. The van der Waals surface area contributed by atoms with Gasteiger partial charge in [0.05, 0.1) is 11.1 Å². The average molecular weight is 420 g/mol. The van der Waals surface area contributed by atoms with Crippen molar-refractivity contribution in [3.8, 4) is 0 Å². The van der Waals surface area contributed by atoms with E-state index in [2.05, 4.69) is 10.3 Å². The predicted octanol–water partition coefficient (Wildman–Crippen LogP) is 4.32. The number of hydrogen-bond acceptors (Lipinski definition) is 5. The van der Waals surface area contributed by atoms with Gasteiger partial charge in [-0.05, 0) is 50.5 Å². The third kappa shape index (κ3) is 4.16. The summed E-state index contributed by atoms with van der Waals surface area (Å²) in [6.45, 7) is 2.38. The maximum absolute atomic E-state index is 12.4. The lowest BCUT2D eigenvalue weighted by Crippen LogP contribution is -2.30. The van der Waals surface area contributed by atoms with Crippen molar-refractivity contribution in [3.63, 3.8) is 0 Å². The molecule has 6 nitrogen and oxygen atoms in total. The number of anilines is 1. The number of nitrogens with zero attached hydrogens (tertiary/aromatic N) is 2. The van der Waals surface area contributed by atoms with E-state index >= 15 is 0 Å². The van der Waals surface area contributed by atoms with Crippen LogP contribution in [0.25, 0.3) is 0 Å².